The molecule has 6 heteroatoms. The Balaban J connectivity index is 2.63. The zero-order valence-electron chi connectivity index (χ0n) is 10.3. The van der Waals surface area contributed by atoms with E-state index in [0.717, 1.165) is 5.56 Å². The quantitative estimate of drug-likeness (QED) is 0.584. The van der Waals surface area contributed by atoms with Gasteiger partial charge in [-0.2, -0.15) is 0 Å². The van der Waals surface area contributed by atoms with Crippen molar-refractivity contribution < 1.29 is 13.2 Å². The lowest BCUT2D eigenvalue weighted by Crippen LogP contribution is -2.31. The van der Waals surface area contributed by atoms with Gasteiger partial charge in [0.2, 0.25) is 10.0 Å². The molecule has 0 heterocycles. The van der Waals surface area contributed by atoms with Crippen LogP contribution in [0.5, 0.6) is 0 Å². The molecule has 0 amide bonds. The van der Waals surface area contributed by atoms with E-state index in [1.807, 2.05) is 30.3 Å². The molecule has 1 rings (SSSR count). The van der Waals surface area contributed by atoms with E-state index < -0.39 is 10.0 Å². The topological polar surface area (TPSA) is 55.4 Å². The molecule has 1 aromatic rings. The zero-order chi connectivity index (χ0) is 13.4. The predicted molar refractivity (Wildman–Crippen MR) is 76.4 cm³/mol. The number of ether oxygens (including phenoxy) is 1. The number of rotatable bonds is 8. The predicted octanol–water partition coefficient (Wildman–Crippen LogP) is 2.08. The fraction of sp³-hybridized carbons (Fsp3) is 0.500. The lowest BCUT2D eigenvalue weighted by atomic mass is 10.1. The first-order valence-corrected chi connectivity index (χ1v) is 8.46. The van der Waals surface area contributed by atoms with Crippen LogP contribution in [0.3, 0.4) is 0 Å². The highest BCUT2D eigenvalue weighted by Crippen LogP contribution is 2.16. The first-order chi connectivity index (χ1) is 8.59. The summed E-state index contributed by atoms with van der Waals surface area (Å²) in [5.41, 5.74) is 0.949. The minimum Gasteiger partial charge on any atom is -0.385 e. The second-order valence-electron chi connectivity index (χ2n) is 3.90. The lowest BCUT2D eigenvalue weighted by molar-refractivity contribution is 0.199. The second-order valence-corrected chi connectivity index (χ2v) is 6.42. The minimum atomic E-state index is -3.27. The molecule has 0 aliphatic carbocycles. The van der Waals surface area contributed by atoms with E-state index in [-0.39, 0.29) is 11.8 Å². The lowest BCUT2D eigenvalue weighted by Gasteiger charge is -2.16. The Labute approximate surface area is 117 Å². The monoisotopic (exact) mass is 335 g/mol. The molecule has 1 N–H and O–H groups in total. The average molecular weight is 336 g/mol. The Morgan fingerprint density at radius 1 is 1.33 bits per heavy atom. The van der Waals surface area contributed by atoms with E-state index in [0.29, 0.717) is 18.4 Å². The third-order valence-electron chi connectivity index (χ3n) is 2.44. The normalized spacial score (nSPS) is 13.4. The van der Waals surface area contributed by atoms with E-state index in [1.165, 1.54) is 0 Å². The van der Waals surface area contributed by atoms with Crippen molar-refractivity contribution in [3.05, 3.63) is 35.9 Å². The Morgan fingerprint density at radius 3 is 2.56 bits per heavy atom. The molecule has 0 aliphatic rings. The van der Waals surface area contributed by atoms with E-state index in [2.05, 4.69) is 20.7 Å². The van der Waals surface area contributed by atoms with Crippen molar-refractivity contribution in [3.8, 4) is 0 Å². The second kappa shape index (κ2) is 7.89. The van der Waals surface area contributed by atoms with Gasteiger partial charge < -0.3 is 4.74 Å². The molecule has 102 valence electrons. The Bertz CT molecular complexity index is 436. The molecular formula is C12H18BrNO3S. The van der Waals surface area contributed by atoms with Crippen LogP contribution < -0.4 is 4.72 Å². The van der Waals surface area contributed by atoms with Gasteiger partial charge >= 0.3 is 0 Å². The standard InChI is InChI=1S/C12H18BrNO3S/c1-17-8-5-9-18(15,16)14-12(10-13)11-6-3-2-4-7-11/h2-4,6-7,12,14H,5,8-10H2,1H3. The van der Waals surface area contributed by atoms with Crippen LogP contribution in [0.4, 0.5) is 0 Å². The largest absolute Gasteiger partial charge is 0.385 e. The molecule has 1 unspecified atom stereocenters. The van der Waals surface area contributed by atoms with Crippen LogP contribution >= 0.6 is 15.9 Å². The number of hydrogen-bond donors (Lipinski definition) is 1. The maximum absolute atomic E-state index is 11.9. The average Bonchev–Trinajstić information content (AvgIpc) is 2.37. The summed E-state index contributed by atoms with van der Waals surface area (Å²) in [6.45, 7) is 0.450. The van der Waals surface area contributed by atoms with E-state index >= 15 is 0 Å². The molecule has 18 heavy (non-hydrogen) atoms. The van der Waals surface area contributed by atoms with Crippen LogP contribution in [0, 0.1) is 0 Å². The van der Waals surface area contributed by atoms with Crippen LogP contribution in [0.2, 0.25) is 0 Å². The molecule has 0 spiro atoms. The van der Waals surface area contributed by atoms with Gasteiger partial charge in [0.1, 0.15) is 0 Å². The van der Waals surface area contributed by atoms with Gasteiger partial charge in [-0.1, -0.05) is 46.3 Å². The Morgan fingerprint density at radius 2 is 2.00 bits per heavy atom. The molecule has 0 radical (unpaired) electrons. The van der Waals surface area contributed by atoms with E-state index in [9.17, 15) is 8.42 Å². The molecule has 1 atom stereocenters. The number of alkyl halides is 1. The fourth-order valence-corrected chi connectivity index (χ4v) is 3.56. The first kappa shape index (κ1) is 15.6. The van der Waals surface area contributed by atoms with Gasteiger partial charge in [-0.3, -0.25) is 0 Å². The molecule has 4 nitrogen and oxygen atoms in total. The molecule has 0 bridgehead atoms. The van der Waals surface area contributed by atoms with E-state index in [1.54, 1.807) is 7.11 Å². The summed E-state index contributed by atoms with van der Waals surface area (Å²) in [6, 6.07) is 9.27. The van der Waals surface area contributed by atoms with Crippen molar-refractivity contribution in [2.45, 2.75) is 12.5 Å². The van der Waals surface area contributed by atoms with Crippen molar-refractivity contribution in [1.82, 2.24) is 4.72 Å². The maximum atomic E-state index is 11.9. The van der Waals surface area contributed by atoms with Crippen LogP contribution in [0.15, 0.2) is 30.3 Å². The Kier molecular flexibility index (Phi) is 6.85. The van der Waals surface area contributed by atoms with Crippen LogP contribution in [0.25, 0.3) is 0 Å². The summed E-state index contributed by atoms with van der Waals surface area (Å²) in [6.07, 6.45) is 0.496. The molecule has 0 saturated carbocycles. The summed E-state index contributed by atoms with van der Waals surface area (Å²) < 4.78 is 31.3. The third kappa shape index (κ3) is 5.48. The van der Waals surface area contributed by atoms with Gasteiger partial charge in [-0.15, -0.1) is 0 Å². The summed E-state index contributed by atoms with van der Waals surface area (Å²) >= 11 is 3.34. The van der Waals surface area contributed by atoms with Crippen molar-refractivity contribution in [3.63, 3.8) is 0 Å². The van der Waals surface area contributed by atoms with E-state index in [4.69, 9.17) is 4.74 Å². The van der Waals surface area contributed by atoms with Crippen molar-refractivity contribution in [2.75, 3.05) is 24.8 Å². The van der Waals surface area contributed by atoms with Crippen molar-refractivity contribution in [1.29, 1.82) is 0 Å². The fourth-order valence-electron chi connectivity index (χ4n) is 1.54. The summed E-state index contributed by atoms with van der Waals surface area (Å²) in [5, 5.41) is 0.542. The maximum Gasteiger partial charge on any atom is 0.212 e. The van der Waals surface area contributed by atoms with Gasteiger partial charge in [-0.25, -0.2) is 13.1 Å². The number of hydrogen-bond acceptors (Lipinski definition) is 3. The third-order valence-corrected chi connectivity index (χ3v) is 4.56. The highest BCUT2D eigenvalue weighted by atomic mass is 79.9. The number of methoxy groups -OCH3 is 1. The van der Waals surface area contributed by atoms with Gasteiger partial charge in [0.15, 0.2) is 0 Å². The first-order valence-electron chi connectivity index (χ1n) is 5.69. The van der Waals surface area contributed by atoms with Crippen LogP contribution in [0.1, 0.15) is 18.0 Å². The number of benzene rings is 1. The number of sulfonamides is 1. The van der Waals surface area contributed by atoms with Crippen LogP contribution in [-0.2, 0) is 14.8 Å². The number of nitrogens with one attached hydrogen (secondary N) is 1. The minimum absolute atomic E-state index is 0.0805. The smallest absolute Gasteiger partial charge is 0.212 e. The molecular weight excluding hydrogens is 318 g/mol. The van der Waals surface area contributed by atoms with Gasteiger partial charge in [-0.05, 0) is 12.0 Å². The molecule has 1 aromatic carbocycles. The number of halogens is 1. The van der Waals surface area contributed by atoms with Crippen molar-refractivity contribution >= 4 is 26.0 Å². The van der Waals surface area contributed by atoms with Gasteiger partial charge in [0.05, 0.1) is 11.8 Å². The van der Waals surface area contributed by atoms with Gasteiger partial charge in [0, 0.05) is 19.0 Å². The summed E-state index contributed by atoms with van der Waals surface area (Å²) in [5.74, 6) is 0.0805. The highest BCUT2D eigenvalue weighted by Gasteiger charge is 2.17. The van der Waals surface area contributed by atoms with Crippen molar-refractivity contribution in [2.24, 2.45) is 0 Å². The zero-order valence-corrected chi connectivity index (χ0v) is 12.7. The molecule has 0 fully saturated rings. The molecule has 0 aromatic heterocycles. The summed E-state index contributed by atoms with van der Waals surface area (Å²) in [4.78, 5) is 0. The highest BCUT2D eigenvalue weighted by molar-refractivity contribution is 9.09. The van der Waals surface area contributed by atoms with Crippen LogP contribution in [-0.4, -0.2) is 33.2 Å². The molecule has 0 aliphatic heterocycles. The Hall–Kier alpha value is -0.430. The summed E-state index contributed by atoms with van der Waals surface area (Å²) in [7, 11) is -1.71. The SMILES string of the molecule is COCCCS(=O)(=O)NC(CBr)c1ccccc1. The van der Waals surface area contributed by atoms with Gasteiger partial charge in [0.25, 0.3) is 0 Å². The molecule has 0 saturated heterocycles.